The number of hydrogen-bond acceptors (Lipinski definition) is 3. The number of ether oxygens (including phenoxy) is 1. The number of rotatable bonds is 4. The number of carbonyl (C=O) groups excluding carboxylic acids is 1. The topological polar surface area (TPSA) is 75.6 Å². The van der Waals surface area contributed by atoms with E-state index in [0.29, 0.717) is 18.0 Å². The van der Waals surface area contributed by atoms with E-state index in [1.807, 2.05) is 6.92 Å². The first kappa shape index (κ1) is 12.0. The van der Waals surface area contributed by atoms with E-state index in [-0.39, 0.29) is 0 Å². The van der Waals surface area contributed by atoms with Crippen LogP contribution in [0, 0.1) is 0 Å². The number of carboxylic acid groups (broad SMARTS) is 1. The molecule has 2 N–H and O–H groups in total. The summed E-state index contributed by atoms with van der Waals surface area (Å²) in [6, 6.07) is 6.53. The molecule has 0 unspecified atom stereocenters. The van der Waals surface area contributed by atoms with Crippen LogP contribution in [0.4, 0.5) is 5.69 Å². The van der Waals surface area contributed by atoms with Crippen molar-refractivity contribution in [3.63, 3.8) is 0 Å². The van der Waals surface area contributed by atoms with Crippen LogP contribution in [0.3, 0.4) is 0 Å². The fourth-order valence-corrected chi connectivity index (χ4v) is 1.04. The summed E-state index contributed by atoms with van der Waals surface area (Å²) in [6.45, 7) is 2.63. The summed E-state index contributed by atoms with van der Waals surface area (Å²) in [5.74, 6) is -1.87. The fraction of sp³-hybridized carbons (Fsp3) is 0.273. The second-order valence-corrected chi connectivity index (χ2v) is 3.13. The highest BCUT2D eigenvalue weighted by atomic mass is 16.5. The third-order valence-corrected chi connectivity index (χ3v) is 1.78. The molecule has 5 heteroatoms. The molecule has 0 aromatic heterocycles. The van der Waals surface area contributed by atoms with E-state index < -0.39 is 11.9 Å². The molecule has 0 aliphatic rings. The summed E-state index contributed by atoms with van der Waals surface area (Å²) in [6.07, 6.45) is 0.914. The van der Waals surface area contributed by atoms with E-state index in [9.17, 15) is 9.59 Å². The van der Waals surface area contributed by atoms with Gasteiger partial charge in [-0.2, -0.15) is 0 Å². The Bertz CT molecular complexity index is 372. The first-order chi connectivity index (χ1) is 7.63. The average molecular weight is 223 g/mol. The highest BCUT2D eigenvalue weighted by Crippen LogP contribution is 2.15. The lowest BCUT2D eigenvalue weighted by molar-refractivity contribution is -0.147. The normalized spacial score (nSPS) is 9.56. The zero-order valence-electron chi connectivity index (χ0n) is 8.90. The average Bonchev–Trinajstić information content (AvgIpc) is 2.28. The van der Waals surface area contributed by atoms with Gasteiger partial charge in [0.15, 0.2) is 0 Å². The standard InChI is InChI=1S/C11H13NO4/c1-2-7-16-9-5-3-8(4-6-9)12-10(13)11(14)15/h3-6H,2,7H2,1H3,(H,12,13)(H,14,15). The van der Waals surface area contributed by atoms with Crippen molar-refractivity contribution in [3.8, 4) is 5.75 Å². The van der Waals surface area contributed by atoms with Crippen LogP contribution in [-0.4, -0.2) is 23.6 Å². The molecule has 86 valence electrons. The maximum Gasteiger partial charge on any atom is 0.394 e. The van der Waals surface area contributed by atoms with Gasteiger partial charge in [-0.1, -0.05) is 6.92 Å². The lowest BCUT2D eigenvalue weighted by atomic mass is 10.3. The number of anilines is 1. The highest BCUT2D eigenvalue weighted by molar-refractivity contribution is 6.36. The molecule has 0 saturated heterocycles. The van der Waals surface area contributed by atoms with Crippen LogP contribution < -0.4 is 10.1 Å². The van der Waals surface area contributed by atoms with Gasteiger partial charge >= 0.3 is 11.9 Å². The molecule has 0 aliphatic carbocycles. The van der Waals surface area contributed by atoms with Crippen molar-refractivity contribution < 1.29 is 19.4 Å². The summed E-state index contributed by atoms with van der Waals surface area (Å²) in [5, 5.41) is 10.6. The smallest absolute Gasteiger partial charge is 0.394 e. The Labute approximate surface area is 93.0 Å². The third kappa shape index (κ3) is 3.61. The second kappa shape index (κ2) is 5.75. The number of carboxylic acids is 1. The van der Waals surface area contributed by atoms with Crippen molar-refractivity contribution in [1.29, 1.82) is 0 Å². The van der Waals surface area contributed by atoms with Gasteiger partial charge in [-0.15, -0.1) is 0 Å². The van der Waals surface area contributed by atoms with E-state index in [2.05, 4.69) is 5.32 Å². The van der Waals surface area contributed by atoms with Crippen LogP contribution in [-0.2, 0) is 9.59 Å². The Hall–Kier alpha value is -2.04. The van der Waals surface area contributed by atoms with Crippen molar-refractivity contribution in [2.75, 3.05) is 11.9 Å². The Morgan fingerprint density at radius 3 is 2.44 bits per heavy atom. The number of carbonyl (C=O) groups is 2. The lowest BCUT2D eigenvalue weighted by Crippen LogP contribution is -2.21. The van der Waals surface area contributed by atoms with Crippen molar-refractivity contribution in [1.82, 2.24) is 0 Å². The maximum absolute atomic E-state index is 10.8. The Morgan fingerprint density at radius 1 is 1.31 bits per heavy atom. The van der Waals surface area contributed by atoms with Crippen LogP contribution >= 0.6 is 0 Å². The summed E-state index contributed by atoms with van der Waals surface area (Å²) < 4.78 is 5.33. The number of hydrogen-bond donors (Lipinski definition) is 2. The number of aliphatic carboxylic acids is 1. The molecular weight excluding hydrogens is 210 g/mol. The molecule has 0 radical (unpaired) electrons. The Kier molecular flexibility index (Phi) is 4.32. The summed E-state index contributed by atoms with van der Waals surface area (Å²) in [7, 11) is 0. The maximum atomic E-state index is 10.8. The van der Waals surface area contributed by atoms with Gasteiger partial charge in [-0.05, 0) is 30.7 Å². The van der Waals surface area contributed by atoms with Gasteiger partial charge in [0, 0.05) is 5.69 Å². The Morgan fingerprint density at radius 2 is 1.94 bits per heavy atom. The monoisotopic (exact) mass is 223 g/mol. The molecule has 0 fully saturated rings. The van der Waals surface area contributed by atoms with Gasteiger partial charge < -0.3 is 15.2 Å². The molecule has 16 heavy (non-hydrogen) atoms. The number of amides is 1. The zero-order valence-corrected chi connectivity index (χ0v) is 8.90. The second-order valence-electron chi connectivity index (χ2n) is 3.13. The molecule has 1 aromatic carbocycles. The highest BCUT2D eigenvalue weighted by Gasteiger charge is 2.10. The number of nitrogens with one attached hydrogen (secondary N) is 1. The fourth-order valence-electron chi connectivity index (χ4n) is 1.04. The van der Waals surface area contributed by atoms with Crippen LogP contribution in [0.25, 0.3) is 0 Å². The lowest BCUT2D eigenvalue weighted by Gasteiger charge is -2.05. The van der Waals surface area contributed by atoms with Gasteiger partial charge in [0.05, 0.1) is 6.61 Å². The molecule has 0 spiro atoms. The van der Waals surface area contributed by atoms with Crippen LogP contribution in [0.2, 0.25) is 0 Å². The molecular formula is C11H13NO4. The van der Waals surface area contributed by atoms with E-state index >= 15 is 0 Å². The molecule has 0 saturated carbocycles. The molecule has 0 atom stereocenters. The number of benzene rings is 1. The zero-order chi connectivity index (χ0) is 12.0. The quantitative estimate of drug-likeness (QED) is 0.758. The predicted octanol–water partition coefficient (Wildman–Crippen LogP) is 1.50. The third-order valence-electron chi connectivity index (χ3n) is 1.78. The molecule has 1 rings (SSSR count). The summed E-state index contributed by atoms with van der Waals surface area (Å²) >= 11 is 0. The van der Waals surface area contributed by atoms with Crippen molar-refractivity contribution >= 4 is 17.6 Å². The SMILES string of the molecule is CCCOc1ccc(NC(=O)C(=O)O)cc1. The molecule has 0 aliphatic heterocycles. The van der Waals surface area contributed by atoms with Gasteiger partial charge in [-0.25, -0.2) is 4.79 Å². The van der Waals surface area contributed by atoms with E-state index in [1.165, 1.54) is 0 Å². The van der Waals surface area contributed by atoms with Crippen LogP contribution in [0.15, 0.2) is 24.3 Å². The van der Waals surface area contributed by atoms with Crippen LogP contribution in [0.1, 0.15) is 13.3 Å². The minimum absolute atomic E-state index is 0.427. The first-order valence-electron chi connectivity index (χ1n) is 4.90. The van der Waals surface area contributed by atoms with E-state index in [1.54, 1.807) is 24.3 Å². The largest absolute Gasteiger partial charge is 0.494 e. The molecule has 0 heterocycles. The Balaban J connectivity index is 2.57. The predicted molar refractivity (Wildman–Crippen MR) is 58.5 cm³/mol. The van der Waals surface area contributed by atoms with Crippen LogP contribution in [0.5, 0.6) is 5.75 Å². The molecule has 5 nitrogen and oxygen atoms in total. The van der Waals surface area contributed by atoms with Gasteiger partial charge in [0.1, 0.15) is 5.75 Å². The minimum atomic E-state index is -1.51. The van der Waals surface area contributed by atoms with Crippen molar-refractivity contribution in [2.45, 2.75) is 13.3 Å². The van der Waals surface area contributed by atoms with Crippen molar-refractivity contribution in [3.05, 3.63) is 24.3 Å². The van der Waals surface area contributed by atoms with E-state index in [4.69, 9.17) is 9.84 Å². The molecule has 0 bridgehead atoms. The van der Waals surface area contributed by atoms with Crippen molar-refractivity contribution in [2.24, 2.45) is 0 Å². The van der Waals surface area contributed by atoms with Gasteiger partial charge in [0.2, 0.25) is 0 Å². The summed E-state index contributed by atoms with van der Waals surface area (Å²) in [5.41, 5.74) is 0.427. The minimum Gasteiger partial charge on any atom is -0.494 e. The van der Waals surface area contributed by atoms with Gasteiger partial charge in [-0.3, -0.25) is 4.79 Å². The molecule has 1 aromatic rings. The van der Waals surface area contributed by atoms with Gasteiger partial charge in [0.25, 0.3) is 0 Å². The van der Waals surface area contributed by atoms with E-state index in [0.717, 1.165) is 6.42 Å². The first-order valence-corrected chi connectivity index (χ1v) is 4.90. The summed E-state index contributed by atoms with van der Waals surface area (Å²) in [4.78, 5) is 21.1. The molecule has 1 amide bonds.